The van der Waals surface area contributed by atoms with Crippen LogP contribution in [0.15, 0.2) is 48.8 Å². The molecule has 1 aromatic carbocycles. The molecule has 6 heteroatoms. The van der Waals surface area contributed by atoms with E-state index in [1.54, 1.807) is 0 Å². The number of hydrogen-bond acceptors (Lipinski definition) is 4. The fourth-order valence-corrected chi connectivity index (χ4v) is 6.62. The molecule has 6 nitrogen and oxygen atoms in total. The molecule has 4 aliphatic heterocycles. The zero-order valence-corrected chi connectivity index (χ0v) is 18.4. The number of fused-ring (bicyclic) bond motifs is 5. The van der Waals surface area contributed by atoms with Crippen molar-refractivity contribution in [1.82, 2.24) is 19.7 Å². The van der Waals surface area contributed by atoms with Crippen LogP contribution in [0.25, 0.3) is 0 Å². The van der Waals surface area contributed by atoms with Crippen molar-refractivity contribution in [3.8, 4) is 0 Å². The minimum absolute atomic E-state index is 0.149. The lowest BCUT2D eigenvalue weighted by atomic mass is 9.71. The summed E-state index contributed by atoms with van der Waals surface area (Å²) in [5, 5.41) is 0. The van der Waals surface area contributed by atoms with Crippen molar-refractivity contribution in [2.75, 3.05) is 13.1 Å². The van der Waals surface area contributed by atoms with Crippen LogP contribution in [0, 0.1) is 11.8 Å². The molecule has 4 atom stereocenters. The molecule has 0 saturated carbocycles. The quantitative estimate of drug-likeness (QED) is 0.752. The summed E-state index contributed by atoms with van der Waals surface area (Å²) in [6, 6.07) is 12.3. The Bertz CT molecular complexity index is 1000. The summed E-state index contributed by atoms with van der Waals surface area (Å²) >= 11 is 0. The third-order valence-electron chi connectivity index (χ3n) is 7.98. The van der Waals surface area contributed by atoms with Gasteiger partial charge in [-0.05, 0) is 54.0 Å². The predicted molar refractivity (Wildman–Crippen MR) is 120 cm³/mol. The van der Waals surface area contributed by atoms with Crippen LogP contribution in [0.5, 0.6) is 0 Å². The molecule has 0 spiro atoms. The highest BCUT2D eigenvalue weighted by molar-refractivity contribution is 5.89. The highest BCUT2D eigenvalue weighted by atomic mass is 16.2. The smallest absolute Gasteiger partial charge is 0.246 e. The second kappa shape index (κ2) is 8.00. The van der Waals surface area contributed by atoms with Crippen LogP contribution in [-0.4, -0.2) is 56.7 Å². The number of carbonyl (C=O) groups is 2. The molecule has 2 bridgehead atoms. The minimum atomic E-state index is -0.321. The minimum Gasteiger partial charge on any atom is -0.332 e. The second-order valence-corrected chi connectivity index (χ2v) is 9.97. The van der Waals surface area contributed by atoms with Gasteiger partial charge in [0.05, 0.1) is 0 Å². The molecule has 6 rings (SSSR count). The molecule has 0 radical (unpaired) electrons. The lowest BCUT2D eigenvalue weighted by molar-refractivity contribution is -0.165. The molecule has 32 heavy (non-hydrogen) atoms. The van der Waals surface area contributed by atoms with Crippen LogP contribution in [0.1, 0.15) is 42.4 Å². The zero-order valence-electron chi connectivity index (χ0n) is 18.4. The van der Waals surface area contributed by atoms with Crippen LogP contribution in [0.4, 0.5) is 0 Å². The van der Waals surface area contributed by atoms with Gasteiger partial charge in [-0.1, -0.05) is 24.3 Å². The van der Waals surface area contributed by atoms with Gasteiger partial charge in [-0.3, -0.25) is 19.5 Å². The van der Waals surface area contributed by atoms with Crippen molar-refractivity contribution in [2.24, 2.45) is 11.8 Å². The van der Waals surface area contributed by atoms with Crippen molar-refractivity contribution < 1.29 is 9.59 Å². The Hall–Kier alpha value is -2.73. The van der Waals surface area contributed by atoms with E-state index in [4.69, 9.17) is 0 Å². The average molecular weight is 431 g/mol. The summed E-state index contributed by atoms with van der Waals surface area (Å²) < 4.78 is 0. The largest absolute Gasteiger partial charge is 0.332 e. The van der Waals surface area contributed by atoms with Crippen molar-refractivity contribution in [3.05, 3.63) is 65.5 Å². The Morgan fingerprint density at radius 1 is 1.00 bits per heavy atom. The summed E-state index contributed by atoms with van der Waals surface area (Å²) in [6.45, 7) is 4.08. The van der Waals surface area contributed by atoms with Crippen molar-refractivity contribution >= 4 is 11.8 Å². The van der Waals surface area contributed by atoms with E-state index in [9.17, 15) is 9.59 Å². The van der Waals surface area contributed by atoms with E-state index < -0.39 is 0 Å². The monoisotopic (exact) mass is 430 g/mol. The molecule has 5 heterocycles. The number of amides is 2. The molecule has 3 fully saturated rings. The molecule has 3 saturated heterocycles. The topological polar surface area (TPSA) is 56.8 Å². The lowest BCUT2D eigenvalue weighted by Crippen LogP contribution is -2.68. The number of rotatable bonds is 3. The van der Waals surface area contributed by atoms with Gasteiger partial charge in [-0.15, -0.1) is 0 Å². The number of piperidine rings is 3. The first-order valence-electron chi connectivity index (χ1n) is 12.0. The fraction of sp³-hybridized carbons (Fsp3) is 0.500. The van der Waals surface area contributed by atoms with Gasteiger partial charge in [-0.2, -0.15) is 0 Å². The van der Waals surface area contributed by atoms with E-state index in [1.807, 2.05) is 34.3 Å². The second-order valence-electron chi connectivity index (χ2n) is 9.97. The molecule has 2 amide bonds. The van der Waals surface area contributed by atoms with Crippen molar-refractivity contribution in [1.29, 1.82) is 0 Å². The molecule has 2 aromatic rings. The number of benzene rings is 1. The number of carbonyl (C=O) groups excluding carboxylic acids is 2. The van der Waals surface area contributed by atoms with Crippen LogP contribution in [-0.2, 0) is 29.2 Å². The molecule has 0 aliphatic carbocycles. The Morgan fingerprint density at radius 3 is 2.47 bits per heavy atom. The predicted octanol–water partition coefficient (Wildman–Crippen LogP) is 2.83. The van der Waals surface area contributed by atoms with E-state index in [0.717, 1.165) is 38.9 Å². The van der Waals surface area contributed by atoms with Gasteiger partial charge in [0.2, 0.25) is 11.8 Å². The summed E-state index contributed by atoms with van der Waals surface area (Å²) in [6.07, 6.45) is 7.30. The maximum absolute atomic E-state index is 13.9. The summed E-state index contributed by atoms with van der Waals surface area (Å²) in [5.41, 5.74) is 3.73. The molecule has 0 unspecified atom stereocenters. The van der Waals surface area contributed by atoms with Gasteiger partial charge in [0.25, 0.3) is 0 Å². The van der Waals surface area contributed by atoms with E-state index in [2.05, 4.69) is 34.1 Å². The van der Waals surface area contributed by atoms with Crippen molar-refractivity contribution in [3.63, 3.8) is 0 Å². The molecular formula is C26H30N4O2. The first-order valence-corrected chi connectivity index (χ1v) is 12.0. The van der Waals surface area contributed by atoms with E-state index >= 15 is 0 Å². The van der Waals surface area contributed by atoms with Crippen LogP contribution < -0.4 is 0 Å². The molecular weight excluding hydrogens is 400 g/mol. The average Bonchev–Trinajstić information content (AvgIpc) is 3.25. The van der Waals surface area contributed by atoms with Gasteiger partial charge < -0.3 is 9.80 Å². The maximum Gasteiger partial charge on any atom is 0.246 e. The van der Waals surface area contributed by atoms with E-state index in [0.29, 0.717) is 25.4 Å². The molecule has 1 aromatic heterocycles. The number of nitrogens with zero attached hydrogens (tertiary/aromatic N) is 4. The highest BCUT2D eigenvalue weighted by Crippen LogP contribution is 2.43. The Labute approximate surface area is 189 Å². The van der Waals surface area contributed by atoms with Gasteiger partial charge in [-0.25, -0.2) is 0 Å². The van der Waals surface area contributed by atoms with Crippen molar-refractivity contribution in [2.45, 2.75) is 57.4 Å². The number of aromatic nitrogens is 1. The normalized spacial score (nSPS) is 29.6. The SMILES string of the molecule is O=C([C@H]1[C@H]2C[C@H](CN(Cc3ccncc3)C2)[C@@H]2CCCC(=O)N21)N1Cc2ccccc2C1. The zero-order chi connectivity index (χ0) is 21.7. The fourth-order valence-electron chi connectivity index (χ4n) is 6.62. The molecule has 166 valence electrons. The van der Waals surface area contributed by atoms with Crippen LogP contribution in [0.3, 0.4) is 0 Å². The Kier molecular flexibility index (Phi) is 4.98. The number of hydrogen-bond donors (Lipinski definition) is 0. The number of pyridine rings is 1. The number of likely N-dealkylation sites (tertiary alicyclic amines) is 1. The highest BCUT2D eigenvalue weighted by Gasteiger charge is 2.52. The summed E-state index contributed by atoms with van der Waals surface area (Å²) in [4.78, 5) is 37.7. The first-order chi connectivity index (χ1) is 15.7. The van der Waals surface area contributed by atoms with Crippen LogP contribution >= 0.6 is 0 Å². The lowest BCUT2D eigenvalue weighted by Gasteiger charge is -2.56. The van der Waals surface area contributed by atoms with Gasteiger partial charge >= 0.3 is 0 Å². The summed E-state index contributed by atoms with van der Waals surface area (Å²) in [7, 11) is 0. The Balaban J connectivity index is 1.28. The van der Waals surface area contributed by atoms with Gasteiger partial charge in [0.15, 0.2) is 0 Å². The standard InChI is InChI=1S/C26H30N4O2/c31-24-7-3-6-23-21-12-22(15-28(14-21)13-18-8-10-27-11-9-18)25(30(23)24)26(32)29-16-19-4-1-2-5-20(19)17-29/h1-2,4-5,8-11,21-23,25H,3,6-7,12-17H2/t21-,22+,23+,25-/m1/s1. The van der Waals surface area contributed by atoms with E-state index in [-0.39, 0.29) is 29.8 Å². The first kappa shape index (κ1) is 19.9. The van der Waals surface area contributed by atoms with Crippen LogP contribution in [0.2, 0.25) is 0 Å². The maximum atomic E-state index is 13.9. The molecule has 4 aliphatic rings. The van der Waals surface area contributed by atoms with E-state index in [1.165, 1.54) is 16.7 Å². The molecule has 0 N–H and O–H groups in total. The third-order valence-corrected chi connectivity index (χ3v) is 7.98. The summed E-state index contributed by atoms with van der Waals surface area (Å²) in [5.74, 6) is 0.994. The Morgan fingerprint density at radius 2 is 1.72 bits per heavy atom. The van der Waals surface area contributed by atoms with Gasteiger partial charge in [0.1, 0.15) is 6.04 Å². The third kappa shape index (κ3) is 3.41. The van der Waals surface area contributed by atoms with Gasteiger partial charge in [0, 0.05) is 63.5 Å².